The molecule has 0 aliphatic carbocycles. The van der Waals surface area contributed by atoms with Gasteiger partial charge < -0.3 is 15.2 Å². The molecule has 0 aromatic rings. The molecular formula is C10H19F3N2O2. The topological polar surface area (TPSA) is 47.7 Å². The summed E-state index contributed by atoms with van der Waals surface area (Å²) in [5.74, 6) is 0. The third-order valence-corrected chi connectivity index (χ3v) is 3.11. The smallest absolute Gasteiger partial charge is 0.377 e. The van der Waals surface area contributed by atoms with Crippen LogP contribution in [0.5, 0.6) is 0 Å². The van der Waals surface area contributed by atoms with Gasteiger partial charge in [-0.1, -0.05) is 0 Å². The lowest BCUT2D eigenvalue weighted by molar-refractivity contribution is -0.183. The van der Waals surface area contributed by atoms with E-state index in [0.717, 1.165) is 0 Å². The number of nitrogens with zero attached hydrogens (tertiary/aromatic N) is 1. The Morgan fingerprint density at radius 3 is 2.00 bits per heavy atom. The van der Waals surface area contributed by atoms with Gasteiger partial charge in [-0.25, -0.2) is 0 Å². The molecule has 1 heterocycles. The zero-order valence-electron chi connectivity index (χ0n) is 10.0. The summed E-state index contributed by atoms with van der Waals surface area (Å²) in [4.78, 5) is 1.34. The molecule has 0 spiro atoms. The van der Waals surface area contributed by atoms with E-state index in [1.165, 1.54) is 19.1 Å². The van der Waals surface area contributed by atoms with Crippen molar-refractivity contribution in [3.8, 4) is 0 Å². The van der Waals surface area contributed by atoms with E-state index < -0.39 is 12.2 Å². The van der Waals surface area contributed by atoms with E-state index >= 15 is 0 Å². The van der Waals surface area contributed by atoms with Crippen LogP contribution in [0.4, 0.5) is 13.2 Å². The summed E-state index contributed by atoms with van der Waals surface area (Å²) < 4.78 is 48.8. The van der Waals surface area contributed by atoms with Crippen LogP contribution >= 0.6 is 0 Å². The standard InChI is InChI=1S/C10H19F3N2O2/c1-16-7-5-15(6-8(7)17-2)9(3-4-14)10(11,12)13/h7-9H,3-6,14H2,1-2H3. The number of nitrogens with two attached hydrogens (primary N) is 1. The minimum atomic E-state index is -4.26. The van der Waals surface area contributed by atoms with Gasteiger partial charge in [-0.15, -0.1) is 0 Å². The second kappa shape index (κ2) is 5.99. The number of likely N-dealkylation sites (tertiary alicyclic amines) is 1. The fourth-order valence-electron chi connectivity index (χ4n) is 2.19. The summed E-state index contributed by atoms with van der Waals surface area (Å²) in [5.41, 5.74) is 5.24. The predicted molar refractivity (Wildman–Crippen MR) is 56.7 cm³/mol. The van der Waals surface area contributed by atoms with Crippen LogP contribution in [0.15, 0.2) is 0 Å². The van der Waals surface area contributed by atoms with Crippen molar-refractivity contribution in [1.29, 1.82) is 0 Å². The third-order valence-electron chi connectivity index (χ3n) is 3.11. The van der Waals surface area contributed by atoms with E-state index in [1.54, 1.807) is 0 Å². The van der Waals surface area contributed by atoms with Crippen LogP contribution in [0.25, 0.3) is 0 Å². The first-order valence-electron chi connectivity index (χ1n) is 5.50. The summed E-state index contributed by atoms with van der Waals surface area (Å²) in [6.07, 6.45) is -5.00. The lowest BCUT2D eigenvalue weighted by Gasteiger charge is -2.29. The van der Waals surface area contributed by atoms with Gasteiger partial charge in [-0.3, -0.25) is 4.90 Å². The Kier molecular flexibility index (Phi) is 5.18. The zero-order valence-corrected chi connectivity index (χ0v) is 10.0. The van der Waals surface area contributed by atoms with Crippen molar-refractivity contribution in [2.75, 3.05) is 33.9 Å². The van der Waals surface area contributed by atoms with Gasteiger partial charge in [-0.2, -0.15) is 13.2 Å². The van der Waals surface area contributed by atoms with Crippen LogP contribution in [-0.4, -0.2) is 63.2 Å². The molecule has 1 saturated heterocycles. The van der Waals surface area contributed by atoms with E-state index in [-0.39, 0.29) is 38.3 Å². The molecule has 0 bridgehead atoms. The van der Waals surface area contributed by atoms with Crippen LogP contribution in [0.1, 0.15) is 6.42 Å². The van der Waals surface area contributed by atoms with Gasteiger partial charge in [0.1, 0.15) is 6.04 Å². The van der Waals surface area contributed by atoms with Crippen molar-refractivity contribution in [3.05, 3.63) is 0 Å². The van der Waals surface area contributed by atoms with E-state index in [2.05, 4.69) is 0 Å². The fraction of sp³-hybridized carbons (Fsp3) is 1.00. The van der Waals surface area contributed by atoms with Crippen molar-refractivity contribution in [3.63, 3.8) is 0 Å². The number of ether oxygens (including phenoxy) is 2. The van der Waals surface area contributed by atoms with Gasteiger partial charge >= 0.3 is 6.18 Å². The highest BCUT2D eigenvalue weighted by Gasteiger charge is 2.47. The monoisotopic (exact) mass is 256 g/mol. The van der Waals surface area contributed by atoms with Gasteiger partial charge in [0.25, 0.3) is 0 Å². The zero-order chi connectivity index (χ0) is 13.1. The summed E-state index contributed by atoms with van der Waals surface area (Å²) in [7, 11) is 2.96. The maximum Gasteiger partial charge on any atom is 0.404 e. The largest absolute Gasteiger partial charge is 0.404 e. The summed E-state index contributed by atoms with van der Waals surface area (Å²) in [6, 6.07) is -1.51. The molecule has 102 valence electrons. The fourth-order valence-corrected chi connectivity index (χ4v) is 2.19. The lowest BCUT2D eigenvalue weighted by Crippen LogP contribution is -2.46. The highest BCUT2D eigenvalue weighted by atomic mass is 19.4. The summed E-state index contributed by atoms with van der Waals surface area (Å²) >= 11 is 0. The molecule has 3 atom stereocenters. The van der Waals surface area contributed by atoms with Gasteiger partial charge in [0.2, 0.25) is 0 Å². The molecule has 4 nitrogen and oxygen atoms in total. The lowest BCUT2D eigenvalue weighted by atomic mass is 10.2. The Bertz CT molecular complexity index is 226. The number of hydrogen-bond acceptors (Lipinski definition) is 4. The number of methoxy groups -OCH3 is 2. The quantitative estimate of drug-likeness (QED) is 0.783. The van der Waals surface area contributed by atoms with Gasteiger partial charge in [0.15, 0.2) is 0 Å². The molecule has 7 heteroatoms. The molecule has 1 rings (SSSR count). The van der Waals surface area contributed by atoms with E-state index in [0.29, 0.717) is 0 Å². The van der Waals surface area contributed by atoms with Crippen LogP contribution in [0, 0.1) is 0 Å². The van der Waals surface area contributed by atoms with Crippen molar-refractivity contribution in [2.45, 2.75) is 30.8 Å². The van der Waals surface area contributed by atoms with E-state index in [1.807, 2.05) is 0 Å². The minimum absolute atomic E-state index is 0.00990. The number of halogens is 3. The average molecular weight is 256 g/mol. The molecule has 0 amide bonds. The molecule has 0 saturated carbocycles. The molecule has 17 heavy (non-hydrogen) atoms. The van der Waals surface area contributed by atoms with Gasteiger partial charge in [0.05, 0.1) is 12.2 Å². The second-order valence-corrected chi connectivity index (χ2v) is 4.14. The van der Waals surface area contributed by atoms with Crippen molar-refractivity contribution >= 4 is 0 Å². The number of hydrogen-bond donors (Lipinski definition) is 1. The second-order valence-electron chi connectivity index (χ2n) is 4.14. The molecule has 3 unspecified atom stereocenters. The Balaban J connectivity index is 2.71. The maximum absolute atomic E-state index is 12.8. The Morgan fingerprint density at radius 1 is 1.24 bits per heavy atom. The third kappa shape index (κ3) is 3.54. The van der Waals surface area contributed by atoms with Crippen LogP contribution < -0.4 is 5.73 Å². The predicted octanol–water partition coefficient (Wildman–Crippen LogP) is 0.612. The molecule has 2 N–H and O–H groups in total. The summed E-state index contributed by atoms with van der Waals surface area (Å²) in [6.45, 7) is 0.453. The Hall–Kier alpha value is -0.370. The SMILES string of the molecule is COC1CN(C(CCN)C(F)(F)F)CC1OC. The average Bonchev–Trinajstić information content (AvgIpc) is 2.66. The Morgan fingerprint density at radius 2 is 1.71 bits per heavy atom. The first-order valence-corrected chi connectivity index (χ1v) is 5.50. The van der Waals surface area contributed by atoms with Gasteiger partial charge in [-0.05, 0) is 13.0 Å². The number of alkyl halides is 3. The van der Waals surface area contributed by atoms with Crippen molar-refractivity contribution in [1.82, 2.24) is 4.90 Å². The molecule has 1 fully saturated rings. The summed E-state index contributed by atoms with van der Waals surface area (Å²) in [5, 5.41) is 0. The minimum Gasteiger partial charge on any atom is -0.377 e. The normalized spacial score (nSPS) is 28.6. The molecule has 0 radical (unpaired) electrons. The first-order chi connectivity index (χ1) is 7.93. The van der Waals surface area contributed by atoms with Crippen LogP contribution in [0.3, 0.4) is 0 Å². The maximum atomic E-state index is 12.8. The van der Waals surface area contributed by atoms with E-state index in [4.69, 9.17) is 15.2 Å². The molecule has 1 aliphatic rings. The Labute approximate surface area is 98.8 Å². The van der Waals surface area contributed by atoms with Crippen molar-refractivity contribution in [2.24, 2.45) is 5.73 Å². The molecule has 0 aromatic carbocycles. The molecular weight excluding hydrogens is 237 g/mol. The van der Waals surface area contributed by atoms with Gasteiger partial charge in [0, 0.05) is 27.3 Å². The number of rotatable bonds is 5. The van der Waals surface area contributed by atoms with Crippen LogP contribution in [-0.2, 0) is 9.47 Å². The highest BCUT2D eigenvalue weighted by Crippen LogP contribution is 2.30. The van der Waals surface area contributed by atoms with Crippen molar-refractivity contribution < 1.29 is 22.6 Å². The molecule has 1 aliphatic heterocycles. The van der Waals surface area contributed by atoms with Crippen LogP contribution in [0.2, 0.25) is 0 Å². The first kappa shape index (κ1) is 14.7. The van der Waals surface area contributed by atoms with E-state index in [9.17, 15) is 13.2 Å². The molecule has 0 aromatic heterocycles. The highest BCUT2D eigenvalue weighted by molar-refractivity contribution is 4.92.